The lowest BCUT2D eigenvalue weighted by atomic mass is 10.0. The maximum atomic E-state index is 12.0. The highest BCUT2D eigenvalue weighted by Crippen LogP contribution is 2.36. The van der Waals surface area contributed by atoms with Gasteiger partial charge in [-0.15, -0.1) is 0 Å². The molecule has 0 amide bonds. The van der Waals surface area contributed by atoms with Gasteiger partial charge in [0.25, 0.3) is 0 Å². The average Bonchev–Trinajstić information content (AvgIpc) is 2.10. The minimum absolute atomic E-state index is 0.0794. The van der Waals surface area contributed by atoms with Crippen molar-refractivity contribution in [1.82, 2.24) is 5.01 Å². The van der Waals surface area contributed by atoms with Gasteiger partial charge >= 0.3 is 6.18 Å². The van der Waals surface area contributed by atoms with Gasteiger partial charge in [0.2, 0.25) is 0 Å². The lowest BCUT2D eigenvalue weighted by Gasteiger charge is -2.24. The first-order chi connectivity index (χ1) is 4.85. The topological polar surface area (TPSA) is 49.5 Å². The number of alkyl halides is 3. The second-order valence-electron chi connectivity index (χ2n) is 2.75. The molecule has 1 saturated heterocycles. The number of β-amino-alcohol motifs (C(OH)–C–C–N with tert-alkyl or cyclic N) is 1. The Hall–Kier alpha value is -0.330. The average molecular weight is 170 g/mol. The fourth-order valence-electron chi connectivity index (χ4n) is 1.05. The highest BCUT2D eigenvalue weighted by molar-refractivity contribution is 4.94. The molecule has 1 atom stereocenters. The Morgan fingerprint density at radius 3 is 2.18 bits per heavy atom. The number of halogens is 3. The summed E-state index contributed by atoms with van der Waals surface area (Å²) < 4.78 is 36.0. The molecular formula is C5H9F3N2O. The predicted molar refractivity (Wildman–Crippen MR) is 31.4 cm³/mol. The van der Waals surface area contributed by atoms with Crippen molar-refractivity contribution in [2.24, 2.45) is 5.84 Å². The van der Waals surface area contributed by atoms with Gasteiger partial charge in [0, 0.05) is 13.0 Å². The molecule has 0 aromatic rings. The fourth-order valence-corrected chi connectivity index (χ4v) is 1.05. The fraction of sp³-hybridized carbons (Fsp3) is 1.00. The van der Waals surface area contributed by atoms with Gasteiger partial charge in [0.05, 0.1) is 6.54 Å². The molecule has 1 fully saturated rings. The molecule has 1 aliphatic rings. The standard InChI is InChI=1S/C5H9F3N2O/c6-5(7,8)4(11)1-2-10(9)3-4/h11H,1-3,9H2/t4-/m0/s1. The van der Waals surface area contributed by atoms with Gasteiger partial charge in [-0.2, -0.15) is 13.2 Å². The summed E-state index contributed by atoms with van der Waals surface area (Å²) in [5.41, 5.74) is -2.60. The van der Waals surface area contributed by atoms with E-state index in [2.05, 4.69) is 0 Å². The quantitative estimate of drug-likeness (QED) is 0.497. The van der Waals surface area contributed by atoms with Crippen molar-refractivity contribution in [3.8, 4) is 0 Å². The molecule has 0 aromatic carbocycles. The Labute approximate surface area is 61.6 Å². The highest BCUT2D eigenvalue weighted by Gasteiger charge is 2.56. The van der Waals surface area contributed by atoms with Crippen LogP contribution in [0, 0.1) is 0 Å². The summed E-state index contributed by atoms with van der Waals surface area (Å²) >= 11 is 0. The van der Waals surface area contributed by atoms with Crippen LogP contribution in [0.5, 0.6) is 0 Å². The van der Waals surface area contributed by atoms with Crippen LogP contribution in [0.15, 0.2) is 0 Å². The highest BCUT2D eigenvalue weighted by atomic mass is 19.4. The third-order valence-corrected chi connectivity index (χ3v) is 1.80. The molecule has 0 spiro atoms. The zero-order valence-electron chi connectivity index (χ0n) is 5.73. The molecular weight excluding hydrogens is 161 g/mol. The summed E-state index contributed by atoms with van der Waals surface area (Å²) in [5, 5.41) is 9.92. The Morgan fingerprint density at radius 2 is 2.00 bits per heavy atom. The number of hydrazine groups is 1. The van der Waals surface area contributed by atoms with Crippen LogP contribution in [0.25, 0.3) is 0 Å². The summed E-state index contributed by atoms with van der Waals surface area (Å²) in [6.45, 7) is -0.452. The second-order valence-corrected chi connectivity index (χ2v) is 2.75. The maximum absolute atomic E-state index is 12.0. The summed E-state index contributed by atoms with van der Waals surface area (Å²) in [6, 6.07) is 0. The van der Waals surface area contributed by atoms with Gasteiger partial charge in [-0.3, -0.25) is 5.84 Å². The first-order valence-electron chi connectivity index (χ1n) is 3.14. The van der Waals surface area contributed by atoms with Gasteiger partial charge in [-0.1, -0.05) is 0 Å². The van der Waals surface area contributed by atoms with Crippen LogP contribution in [0.4, 0.5) is 13.2 Å². The zero-order valence-corrected chi connectivity index (χ0v) is 5.73. The molecule has 11 heavy (non-hydrogen) atoms. The van der Waals surface area contributed by atoms with Crippen molar-refractivity contribution in [3.05, 3.63) is 0 Å². The molecule has 3 N–H and O–H groups in total. The van der Waals surface area contributed by atoms with Gasteiger partial charge in [-0.25, -0.2) is 5.01 Å². The van der Waals surface area contributed by atoms with Gasteiger partial charge < -0.3 is 5.11 Å². The van der Waals surface area contributed by atoms with E-state index >= 15 is 0 Å². The molecule has 0 aromatic heterocycles. The Morgan fingerprint density at radius 1 is 1.45 bits per heavy atom. The van der Waals surface area contributed by atoms with Gasteiger partial charge in [0.15, 0.2) is 5.60 Å². The molecule has 1 aliphatic heterocycles. The van der Waals surface area contributed by atoms with E-state index in [1.807, 2.05) is 0 Å². The van der Waals surface area contributed by atoms with Crippen molar-refractivity contribution in [2.45, 2.75) is 18.2 Å². The van der Waals surface area contributed by atoms with E-state index in [1.54, 1.807) is 0 Å². The Balaban J connectivity index is 2.69. The van der Waals surface area contributed by atoms with E-state index in [0.29, 0.717) is 0 Å². The molecule has 0 saturated carbocycles. The molecule has 0 radical (unpaired) electrons. The lowest BCUT2D eigenvalue weighted by Crippen LogP contribution is -2.48. The van der Waals surface area contributed by atoms with Gasteiger partial charge in [0.1, 0.15) is 0 Å². The van der Waals surface area contributed by atoms with Crippen LogP contribution in [0.1, 0.15) is 6.42 Å². The molecule has 0 aliphatic carbocycles. The van der Waals surface area contributed by atoms with Crippen LogP contribution in [0.2, 0.25) is 0 Å². The summed E-state index contributed by atoms with van der Waals surface area (Å²) in [7, 11) is 0. The van der Waals surface area contributed by atoms with Crippen LogP contribution < -0.4 is 5.84 Å². The summed E-state index contributed by atoms with van der Waals surface area (Å²) in [5.74, 6) is 5.08. The molecule has 1 rings (SSSR count). The Kier molecular flexibility index (Phi) is 1.85. The number of rotatable bonds is 0. The smallest absolute Gasteiger partial charge is 0.379 e. The minimum atomic E-state index is -4.57. The van der Waals surface area contributed by atoms with Crippen molar-refractivity contribution < 1.29 is 18.3 Å². The van der Waals surface area contributed by atoms with E-state index in [1.165, 1.54) is 0 Å². The van der Waals surface area contributed by atoms with E-state index in [4.69, 9.17) is 10.9 Å². The van der Waals surface area contributed by atoms with Crippen LogP contribution in [-0.4, -0.2) is 35.0 Å². The normalized spacial score (nSPS) is 34.6. The summed E-state index contributed by atoms with van der Waals surface area (Å²) in [4.78, 5) is 0. The minimum Gasteiger partial charge on any atom is -0.379 e. The molecule has 1 heterocycles. The van der Waals surface area contributed by atoms with Crippen molar-refractivity contribution in [2.75, 3.05) is 13.1 Å². The van der Waals surface area contributed by atoms with Crippen molar-refractivity contribution in [1.29, 1.82) is 0 Å². The molecule has 0 bridgehead atoms. The predicted octanol–water partition coefficient (Wildman–Crippen LogP) is -0.141. The van der Waals surface area contributed by atoms with Crippen molar-refractivity contribution >= 4 is 0 Å². The molecule has 3 nitrogen and oxygen atoms in total. The first-order valence-corrected chi connectivity index (χ1v) is 3.14. The molecule has 0 unspecified atom stereocenters. The van der Waals surface area contributed by atoms with E-state index in [-0.39, 0.29) is 13.0 Å². The first kappa shape index (κ1) is 8.76. The van der Waals surface area contributed by atoms with Crippen LogP contribution in [-0.2, 0) is 0 Å². The largest absolute Gasteiger partial charge is 0.418 e. The third kappa shape index (κ3) is 1.47. The SMILES string of the molecule is NN1CC[C@@](O)(C(F)(F)F)C1. The van der Waals surface area contributed by atoms with E-state index in [9.17, 15) is 13.2 Å². The van der Waals surface area contributed by atoms with E-state index < -0.39 is 18.3 Å². The monoisotopic (exact) mass is 170 g/mol. The molecule has 6 heteroatoms. The number of hydrogen-bond donors (Lipinski definition) is 2. The van der Waals surface area contributed by atoms with E-state index in [0.717, 1.165) is 5.01 Å². The number of nitrogens with zero attached hydrogens (tertiary/aromatic N) is 1. The Bertz CT molecular complexity index is 160. The maximum Gasteiger partial charge on any atom is 0.418 e. The number of aliphatic hydroxyl groups is 1. The zero-order chi connectivity index (χ0) is 8.70. The van der Waals surface area contributed by atoms with Crippen LogP contribution >= 0.6 is 0 Å². The summed E-state index contributed by atoms with van der Waals surface area (Å²) in [6.07, 6.45) is -4.91. The molecule has 66 valence electrons. The van der Waals surface area contributed by atoms with Crippen LogP contribution in [0.3, 0.4) is 0 Å². The lowest BCUT2D eigenvalue weighted by molar-refractivity contribution is -0.254. The second kappa shape index (κ2) is 2.33. The van der Waals surface area contributed by atoms with Crippen molar-refractivity contribution in [3.63, 3.8) is 0 Å². The third-order valence-electron chi connectivity index (χ3n) is 1.80. The van der Waals surface area contributed by atoms with Gasteiger partial charge in [-0.05, 0) is 0 Å². The number of nitrogens with two attached hydrogens (primary N) is 1. The number of hydrogen-bond acceptors (Lipinski definition) is 3.